The highest BCUT2D eigenvalue weighted by molar-refractivity contribution is 6.32. The first kappa shape index (κ1) is 11.6. The van der Waals surface area contributed by atoms with Crippen LogP contribution in [0, 0.1) is 5.92 Å². The van der Waals surface area contributed by atoms with Gasteiger partial charge in [-0.3, -0.25) is 0 Å². The summed E-state index contributed by atoms with van der Waals surface area (Å²) in [4.78, 5) is 0. The van der Waals surface area contributed by atoms with Gasteiger partial charge in [0, 0.05) is 0 Å². The molecular formula is C12H15ClO3. The number of ether oxygens (including phenoxy) is 2. The highest BCUT2D eigenvalue weighted by Gasteiger charge is 2.22. The molecule has 4 heteroatoms. The average molecular weight is 243 g/mol. The molecule has 0 aromatic heterocycles. The Morgan fingerprint density at radius 3 is 2.88 bits per heavy atom. The van der Waals surface area contributed by atoms with Crippen molar-refractivity contribution >= 4 is 11.6 Å². The molecule has 1 heterocycles. The lowest BCUT2D eigenvalue weighted by molar-refractivity contribution is 0.115. The Bertz CT molecular complexity index is 392. The van der Waals surface area contributed by atoms with Crippen LogP contribution in [0.5, 0.6) is 11.5 Å². The minimum atomic E-state index is -0.517. The maximum atomic E-state index is 10.1. The van der Waals surface area contributed by atoms with Crippen molar-refractivity contribution < 1.29 is 14.6 Å². The molecule has 0 fully saturated rings. The van der Waals surface area contributed by atoms with Gasteiger partial charge < -0.3 is 14.6 Å². The fourth-order valence-corrected chi connectivity index (χ4v) is 1.98. The van der Waals surface area contributed by atoms with Gasteiger partial charge in [-0.25, -0.2) is 0 Å². The van der Waals surface area contributed by atoms with Crippen LogP contribution in [0.15, 0.2) is 12.1 Å². The van der Waals surface area contributed by atoms with Gasteiger partial charge >= 0.3 is 0 Å². The number of benzene rings is 1. The lowest BCUT2D eigenvalue weighted by atomic mass is 9.95. The maximum Gasteiger partial charge on any atom is 0.231 e. The van der Waals surface area contributed by atoms with Gasteiger partial charge in [-0.1, -0.05) is 31.9 Å². The highest BCUT2D eigenvalue weighted by Crippen LogP contribution is 2.42. The summed E-state index contributed by atoms with van der Waals surface area (Å²) in [5.41, 5.74) is 0.781. The van der Waals surface area contributed by atoms with E-state index >= 15 is 0 Å². The van der Waals surface area contributed by atoms with Crippen LogP contribution in [-0.4, -0.2) is 11.9 Å². The molecule has 2 rings (SSSR count). The third-order valence-electron chi connectivity index (χ3n) is 2.97. The Hall–Kier alpha value is -0.930. The van der Waals surface area contributed by atoms with Crippen molar-refractivity contribution in [1.29, 1.82) is 0 Å². The third kappa shape index (κ3) is 1.97. The van der Waals surface area contributed by atoms with Crippen molar-refractivity contribution in [2.75, 3.05) is 6.79 Å². The first-order valence-corrected chi connectivity index (χ1v) is 5.78. The summed E-state index contributed by atoms with van der Waals surface area (Å²) in [6, 6.07) is 3.54. The van der Waals surface area contributed by atoms with Crippen LogP contribution in [0.1, 0.15) is 31.9 Å². The number of hydrogen-bond donors (Lipinski definition) is 1. The summed E-state index contributed by atoms with van der Waals surface area (Å²) in [6.45, 7) is 4.24. The SMILES string of the molecule is CCC(C)C(O)c1cc(Cl)c2c(c1)OCO2. The zero-order chi connectivity index (χ0) is 11.7. The average Bonchev–Trinajstić information content (AvgIpc) is 2.75. The van der Waals surface area contributed by atoms with Crippen LogP contribution < -0.4 is 9.47 Å². The standard InChI is InChI=1S/C12H15ClO3/c1-3-7(2)11(14)8-4-9(13)12-10(5-8)15-6-16-12/h4-5,7,11,14H,3,6H2,1-2H3. The van der Waals surface area contributed by atoms with Crippen molar-refractivity contribution in [3.8, 4) is 11.5 Å². The van der Waals surface area contributed by atoms with Gasteiger partial charge in [0.1, 0.15) is 0 Å². The first-order chi connectivity index (χ1) is 7.63. The molecule has 1 aromatic carbocycles. The molecule has 0 saturated carbocycles. The van der Waals surface area contributed by atoms with Crippen LogP contribution in [-0.2, 0) is 0 Å². The molecule has 3 nitrogen and oxygen atoms in total. The fourth-order valence-electron chi connectivity index (χ4n) is 1.71. The topological polar surface area (TPSA) is 38.7 Å². The highest BCUT2D eigenvalue weighted by atomic mass is 35.5. The summed E-state index contributed by atoms with van der Waals surface area (Å²) in [6.07, 6.45) is 0.393. The van der Waals surface area contributed by atoms with Gasteiger partial charge in [0.25, 0.3) is 0 Å². The molecule has 0 saturated heterocycles. The van der Waals surface area contributed by atoms with Crippen LogP contribution in [0.4, 0.5) is 0 Å². The number of fused-ring (bicyclic) bond motifs is 1. The van der Waals surface area contributed by atoms with Gasteiger partial charge in [0.15, 0.2) is 11.5 Å². The molecule has 0 aliphatic carbocycles. The van der Waals surface area contributed by atoms with E-state index in [0.29, 0.717) is 16.5 Å². The minimum Gasteiger partial charge on any atom is -0.454 e. The van der Waals surface area contributed by atoms with Gasteiger partial charge in [0.05, 0.1) is 11.1 Å². The quantitative estimate of drug-likeness (QED) is 0.885. The lowest BCUT2D eigenvalue weighted by Gasteiger charge is -2.18. The molecule has 1 N–H and O–H groups in total. The van der Waals surface area contributed by atoms with E-state index in [1.165, 1.54) is 0 Å². The van der Waals surface area contributed by atoms with Gasteiger partial charge in [-0.15, -0.1) is 0 Å². The van der Waals surface area contributed by atoms with E-state index in [9.17, 15) is 5.11 Å². The fraction of sp³-hybridized carbons (Fsp3) is 0.500. The lowest BCUT2D eigenvalue weighted by Crippen LogP contribution is -2.08. The maximum absolute atomic E-state index is 10.1. The Morgan fingerprint density at radius 2 is 2.19 bits per heavy atom. The molecule has 1 aromatic rings. The molecule has 0 radical (unpaired) electrons. The van der Waals surface area contributed by atoms with E-state index in [-0.39, 0.29) is 12.7 Å². The Morgan fingerprint density at radius 1 is 1.44 bits per heavy atom. The van der Waals surface area contributed by atoms with Crippen molar-refractivity contribution in [3.05, 3.63) is 22.7 Å². The van der Waals surface area contributed by atoms with Crippen molar-refractivity contribution in [2.45, 2.75) is 26.4 Å². The van der Waals surface area contributed by atoms with E-state index in [0.717, 1.165) is 12.0 Å². The normalized spacial score (nSPS) is 17.2. The third-order valence-corrected chi connectivity index (χ3v) is 3.25. The minimum absolute atomic E-state index is 0.191. The van der Waals surface area contributed by atoms with Crippen molar-refractivity contribution in [3.63, 3.8) is 0 Å². The number of aliphatic hydroxyl groups excluding tert-OH is 1. The van der Waals surface area contributed by atoms with Crippen LogP contribution in [0.25, 0.3) is 0 Å². The summed E-state index contributed by atoms with van der Waals surface area (Å²) >= 11 is 6.05. The molecule has 88 valence electrons. The molecule has 0 spiro atoms. The molecule has 1 aliphatic heterocycles. The van der Waals surface area contributed by atoms with Crippen molar-refractivity contribution in [1.82, 2.24) is 0 Å². The largest absolute Gasteiger partial charge is 0.454 e. The zero-order valence-electron chi connectivity index (χ0n) is 9.37. The Labute approximate surface area is 99.9 Å². The van der Waals surface area contributed by atoms with Gasteiger partial charge in [-0.05, 0) is 23.6 Å². The molecule has 2 atom stereocenters. The summed E-state index contributed by atoms with van der Waals surface area (Å²) < 4.78 is 10.5. The molecule has 1 aliphatic rings. The number of aliphatic hydroxyl groups is 1. The Kier molecular flexibility index (Phi) is 3.26. The van der Waals surface area contributed by atoms with Crippen molar-refractivity contribution in [2.24, 2.45) is 5.92 Å². The number of hydrogen-bond acceptors (Lipinski definition) is 3. The molecule has 16 heavy (non-hydrogen) atoms. The second-order valence-corrected chi connectivity index (χ2v) is 4.47. The predicted octanol–water partition coefficient (Wildman–Crippen LogP) is 3.15. The monoisotopic (exact) mass is 242 g/mol. The van der Waals surface area contributed by atoms with Crippen LogP contribution in [0.3, 0.4) is 0 Å². The number of halogens is 1. The number of rotatable bonds is 3. The molecule has 0 bridgehead atoms. The smallest absolute Gasteiger partial charge is 0.231 e. The summed E-state index contributed by atoms with van der Waals surface area (Å²) in [5, 5.41) is 10.6. The van der Waals surface area contributed by atoms with E-state index in [2.05, 4.69) is 0 Å². The van der Waals surface area contributed by atoms with Gasteiger partial charge in [-0.2, -0.15) is 0 Å². The first-order valence-electron chi connectivity index (χ1n) is 5.40. The van der Waals surface area contributed by atoms with Crippen LogP contribution >= 0.6 is 11.6 Å². The summed E-state index contributed by atoms with van der Waals surface area (Å²) in [5.74, 6) is 1.38. The predicted molar refractivity (Wildman–Crippen MR) is 62.0 cm³/mol. The molecule has 2 unspecified atom stereocenters. The second kappa shape index (κ2) is 4.52. The zero-order valence-corrected chi connectivity index (χ0v) is 10.1. The molecular weight excluding hydrogens is 228 g/mol. The van der Waals surface area contributed by atoms with E-state index < -0.39 is 6.10 Å². The van der Waals surface area contributed by atoms with E-state index in [1.54, 1.807) is 12.1 Å². The molecule has 0 amide bonds. The Balaban J connectivity index is 2.33. The van der Waals surface area contributed by atoms with E-state index in [1.807, 2.05) is 13.8 Å². The van der Waals surface area contributed by atoms with E-state index in [4.69, 9.17) is 21.1 Å². The van der Waals surface area contributed by atoms with Crippen LogP contribution in [0.2, 0.25) is 5.02 Å². The second-order valence-electron chi connectivity index (χ2n) is 4.07. The van der Waals surface area contributed by atoms with Gasteiger partial charge in [0.2, 0.25) is 6.79 Å². The summed E-state index contributed by atoms with van der Waals surface area (Å²) in [7, 11) is 0.